The normalized spacial score (nSPS) is 10.7. The van der Waals surface area contributed by atoms with E-state index in [-0.39, 0.29) is 11.4 Å². The van der Waals surface area contributed by atoms with Gasteiger partial charge in [0.15, 0.2) is 0 Å². The summed E-state index contributed by atoms with van der Waals surface area (Å²) in [7, 11) is -3.90. The van der Waals surface area contributed by atoms with Crippen LogP contribution in [0.4, 0.5) is 0 Å². The van der Waals surface area contributed by atoms with Crippen LogP contribution in [-0.4, -0.2) is 18.6 Å². The maximum absolute atomic E-state index is 12.6. The summed E-state index contributed by atoms with van der Waals surface area (Å²) in [5.41, 5.74) is 1.11. The molecule has 5 nitrogen and oxygen atoms in total. The fourth-order valence-electron chi connectivity index (χ4n) is 1.94. The van der Waals surface area contributed by atoms with Crippen LogP contribution in [0.5, 0.6) is 0 Å². The second-order valence-electron chi connectivity index (χ2n) is 4.65. The molecule has 0 saturated carbocycles. The second kappa shape index (κ2) is 6.41. The number of amides is 1. The van der Waals surface area contributed by atoms with Crippen molar-refractivity contribution in [2.24, 2.45) is 0 Å². The molecule has 0 aliphatic carbocycles. The summed E-state index contributed by atoms with van der Waals surface area (Å²) in [6.45, 7) is 1.14. The van der Waals surface area contributed by atoms with E-state index >= 15 is 0 Å². The lowest BCUT2D eigenvalue weighted by Gasteiger charge is -2.21. The van der Waals surface area contributed by atoms with Gasteiger partial charge in [-0.15, -0.1) is 0 Å². The minimum Gasteiger partial charge on any atom is -0.274 e. The molecule has 0 unspecified atom stereocenters. The molecule has 2 aromatic carbocycles. The zero-order chi connectivity index (χ0) is 16.2. The van der Waals surface area contributed by atoms with Crippen molar-refractivity contribution in [2.45, 2.75) is 18.4 Å². The Bertz CT molecular complexity index is 807. The van der Waals surface area contributed by atoms with Crippen LogP contribution >= 0.6 is 0 Å². The molecule has 1 amide bonds. The highest BCUT2D eigenvalue weighted by atomic mass is 32.2. The molecule has 0 aliphatic rings. The van der Waals surface area contributed by atoms with Crippen molar-refractivity contribution < 1.29 is 13.2 Å². The zero-order valence-corrected chi connectivity index (χ0v) is 12.7. The second-order valence-corrected chi connectivity index (χ2v) is 6.51. The number of rotatable bonds is 4. The average Bonchev–Trinajstić information content (AvgIpc) is 2.53. The average molecular weight is 314 g/mol. The summed E-state index contributed by atoms with van der Waals surface area (Å²) in [6, 6.07) is 16.2. The molecule has 6 heteroatoms. The van der Waals surface area contributed by atoms with Crippen LogP contribution in [0.2, 0.25) is 0 Å². The minimum atomic E-state index is -3.90. The van der Waals surface area contributed by atoms with Crippen molar-refractivity contribution in [3.05, 3.63) is 65.7 Å². The number of nitriles is 1. The molecule has 22 heavy (non-hydrogen) atoms. The van der Waals surface area contributed by atoms with Crippen molar-refractivity contribution in [1.82, 2.24) is 4.31 Å². The summed E-state index contributed by atoms with van der Waals surface area (Å²) < 4.78 is 25.9. The molecule has 112 valence electrons. The molecule has 0 radical (unpaired) electrons. The quantitative estimate of drug-likeness (QED) is 0.867. The highest BCUT2D eigenvalue weighted by molar-refractivity contribution is 7.89. The first kappa shape index (κ1) is 15.7. The fraction of sp³-hybridized carbons (Fsp3) is 0.125. The molecular formula is C16H14N2O3S. The Labute approximate surface area is 129 Å². The topological polar surface area (TPSA) is 78.2 Å². The number of sulfonamides is 1. The van der Waals surface area contributed by atoms with Gasteiger partial charge in [-0.2, -0.15) is 5.26 Å². The Morgan fingerprint density at radius 3 is 2.18 bits per heavy atom. The molecule has 0 aromatic heterocycles. The van der Waals surface area contributed by atoms with Gasteiger partial charge < -0.3 is 0 Å². The third kappa shape index (κ3) is 3.32. The Morgan fingerprint density at radius 2 is 1.68 bits per heavy atom. The van der Waals surface area contributed by atoms with Crippen LogP contribution in [0.1, 0.15) is 18.1 Å². The molecule has 0 aliphatic heterocycles. The van der Waals surface area contributed by atoms with Gasteiger partial charge in [-0.25, -0.2) is 12.7 Å². The number of carbonyl (C=O) groups is 1. The summed E-state index contributed by atoms with van der Waals surface area (Å²) in [6.07, 6.45) is 0. The van der Waals surface area contributed by atoms with E-state index in [0.717, 1.165) is 4.31 Å². The predicted molar refractivity (Wildman–Crippen MR) is 81.0 cm³/mol. The lowest BCUT2D eigenvalue weighted by molar-refractivity contribution is -0.124. The molecule has 0 bridgehead atoms. The van der Waals surface area contributed by atoms with E-state index in [2.05, 4.69) is 0 Å². The van der Waals surface area contributed by atoms with Crippen LogP contribution in [0.15, 0.2) is 59.5 Å². The molecule has 0 heterocycles. The Hall–Kier alpha value is -2.65. The van der Waals surface area contributed by atoms with E-state index < -0.39 is 15.9 Å². The lowest BCUT2D eigenvalue weighted by atomic mass is 10.1. The molecule has 0 fully saturated rings. The Balaban J connectivity index is 2.34. The van der Waals surface area contributed by atoms with Crippen LogP contribution in [-0.2, 0) is 21.4 Å². The number of hydrogen-bond donors (Lipinski definition) is 0. The number of carbonyl (C=O) groups excluding carboxylic acids is 1. The Morgan fingerprint density at radius 1 is 1.09 bits per heavy atom. The first-order chi connectivity index (χ1) is 10.4. The molecule has 0 atom stereocenters. The molecule has 0 saturated heterocycles. The summed E-state index contributed by atoms with van der Waals surface area (Å²) in [5.74, 6) is -0.562. The number of benzene rings is 2. The van der Waals surface area contributed by atoms with Crippen molar-refractivity contribution in [3.8, 4) is 6.07 Å². The van der Waals surface area contributed by atoms with E-state index in [1.165, 1.54) is 19.1 Å². The predicted octanol–water partition coefficient (Wildman–Crippen LogP) is 2.30. The molecule has 2 aromatic rings. The lowest BCUT2D eigenvalue weighted by Crippen LogP contribution is -2.34. The Kier molecular flexibility index (Phi) is 4.59. The standard InChI is InChI=1S/C16H14N2O3S/c1-13(19)18(12-15-9-7-14(11-17)8-10-15)22(20,21)16-5-3-2-4-6-16/h2-10H,12H2,1H3. The monoisotopic (exact) mass is 314 g/mol. The molecule has 0 N–H and O–H groups in total. The highest BCUT2D eigenvalue weighted by Crippen LogP contribution is 2.18. The van der Waals surface area contributed by atoms with Gasteiger partial charge in [-0.05, 0) is 29.8 Å². The van der Waals surface area contributed by atoms with Crippen molar-refractivity contribution in [1.29, 1.82) is 5.26 Å². The van der Waals surface area contributed by atoms with Crippen LogP contribution in [0, 0.1) is 11.3 Å². The van der Waals surface area contributed by atoms with Crippen LogP contribution < -0.4 is 0 Å². The van der Waals surface area contributed by atoms with Gasteiger partial charge in [0.2, 0.25) is 5.91 Å². The van der Waals surface area contributed by atoms with Gasteiger partial charge in [-0.1, -0.05) is 30.3 Å². The van der Waals surface area contributed by atoms with E-state index in [0.29, 0.717) is 11.1 Å². The third-order valence-corrected chi connectivity index (χ3v) is 4.93. The van der Waals surface area contributed by atoms with Gasteiger partial charge in [0.25, 0.3) is 10.0 Å². The van der Waals surface area contributed by atoms with Crippen LogP contribution in [0.25, 0.3) is 0 Å². The van der Waals surface area contributed by atoms with Gasteiger partial charge in [0.05, 0.1) is 23.1 Å². The van der Waals surface area contributed by atoms with E-state index in [1.807, 2.05) is 6.07 Å². The fourth-order valence-corrected chi connectivity index (χ4v) is 3.35. The summed E-state index contributed by atoms with van der Waals surface area (Å²) in [5, 5.41) is 8.77. The maximum atomic E-state index is 12.6. The van der Waals surface area contributed by atoms with Crippen LogP contribution in [0.3, 0.4) is 0 Å². The highest BCUT2D eigenvalue weighted by Gasteiger charge is 2.26. The summed E-state index contributed by atoms with van der Waals surface area (Å²) in [4.78, 5) is 11.9. The maximum Gasteiger partial charge on any atom is 0.266 e. The van der Waals surface area contributed by atoms with E-state index in [9.17, 15) is 13.2 Å². The van der Waals surface area contributed by atoms with Gasteiger partial charge in [0.1, 0.15) is 0 Å². The first-order valence-corrected chi connectivity index (χ1v) is 7.96. The van der Waals surface area contributed by atoms with Crippen molar-refractivity contribution in [2.75, 3.05) is 0 Å². The van der Waals surface area contributed by atoms with Gasteiger partial charge in [0, 0.05) is 6.92 Å². The van der Waals surface area contributed by atoms with Gasteiger partial charge in [-0.3, -0.25) is 4.79 Å². The molecular weight excluding hydrogens is 300 g/mol. The van der Waals surface area contributed by atoms with Crippen molar-refractivity contribution in [3.63, 3.8) is 0 Å². The minimum absolute atomic E-state index is 0.0684. The SMILES string of the molecule is CC(=O)N(Cc1ccc(C#N)cc1)S(=O)(=O)c1ccccc1. The largest absolute Gasteiger partial charge is 0.274 e. The van der Waals surface area contributed by atoms with E-state index in [1.54, 1.807) is 42.5 Å². The zero-order valence-electron chi connectivity index (χ0n) is 11.9. The molecule has 0 spiro atoms. The van der Waals surface area contributed by atoms with Crippen molar-refractivity contribution >= 4 is 15.9 Å². The smallest absolute Gasteiger partial charge is 0.266 e. The number of hydrogen-bond acceptors (Lipinski definition) is 4. The third-order valence-electron chi connectivity index (χ3n) is 3.09. The van der Waals surface area contributed by atoms with E-state index in [4.69, 9.17) is 5.26 Å². The number of nitrogens with zero attached hydrogens (tertiary/aromatic N) is 2. The molecule has 2 rings (SSSR count). The first-order valence-electron chi connectivity index (χ1n) is 6.52. The van der Waals surface area contributed by atoms with Gasteiger partial charge >= 0.3 is 0 Å². The summed E-state index contributed by atoms with van der Waals surface area (Å²) >= 11 is 0.